The highest BCUT2D eigenvalue weighted by Crippen LogP contribution is 2.18. The largest absolute Gasteiger partial charge is 0.444 e. The van der Waals surface area contributed by atoms with Crippen LogP contribution < -0.4 is 10.6 Å². The lowest BCUT2D eigenvalue weighted by Gasteiger charge is -2.21. The van der Waals surface area contributed by atoms with E-state index in [0.717, 1.165) is 37.1 Å². The first-order valence-corrected chi connectivity index (χ1v) is 9.73. The minimum absolute atomic E-state index is 0.0296. The van der Waals surface area contributed by atoms with Crippen molar-refractivity contribution in [1.82, 2.24) is 10.2 Å². The van der Waals surface area contributed by atoms with Gasteiger partial charge in [0, 0.05) is 23.8 Å². The highest BCUT2D eigenvalue weighted by Gasteiger charge is 2.19. The fraction of sp³-hybridized carbons (Fsp3) is 0.333. The lowest BCUT2D eigenvalue weighted by Crippen LogP contribution is -2.39. The van der Waals surface area contributed by atoms with Crippen LogP contribution in [0.3, 0.4) is 0 Å². The Labute approximate surface area is 169 Å². The Bertz CT molecular complexity index is 803. The first-order chi connectivity index (χ1) is 13.5. The van der Waals surface area contributed by atoms with Gasteiger partial charge in [0.15, 0.2) is 0 Å². The fourth-order valence-electron chi connectivity index (χ4n) is 3.02. The smallest absolute Gasteiger partial charge is 0.411 e. The molecule has 28 heavy (non-hydrogen) atoms. The number of likely N-dealkylation sites (tertiary alicyclic amines) is 1. The van der Waals surface area contributed by atoms with Crippen molar-refractivity contribution < 1.29 is 14.3 Å². The molecular weight excluding hydrogens is 378 g/mol. The maximum atomic E-state index is 12.2. The number of nitrogens with zero attached hydrogens (tertiary/aromatic N) is 1. The van der Waals surface area contributed by atoms with Gasteiger partial charge in [-0.3, -0.25) is 5.32 Å². The van der Waals surface area contributed by atoms with E-state index in [1.165, 1.54) is 0 Å². The van der Waals surface area contributed by atoms with Crippen molar-refractivity contribution in [3.8, 4) is 0 Å². The van der Waals surface area contributed by atoms with Crippen LogP contribution in [0.2, 0.25) is 5.02 Å². The van der Waals surface area contributed by atoms with Crippen LogP contribution in [-0.2, 0) is 11.3 Å². The van der Waals surface area contributed by atoms with Gasteiger partial charge >= 0.3 is 12.1 Å². The highest BCUT2D eigenvalue weighted by molar-refractivity contribution is 6.30. The van der Waals surface area contributed by atoms with E-state index >= 15 is 0 Å². The van der Waals surface area contributed by atoms with Crippen LogP contribution in [-0.4, -0.2) is 30.1 Å². The Morgan fingerprint density at radius 1 is 1.07 bits per heavy atom. The predicted octanol–water partition coefficient (Wildman–Crippen LogP) is 4.96. The second-order valence-corrected chi connectivity index (χ2v) is 7.25. The Kier molecular flexibility index (Phi) is 6.76. The van der Waals surface area contributed by atoms with Crippen LogP contribution in [0.25, 0.3) is 0 Å². The third-order valence-corrected chi connectivity index (χ3v) is 4.93. The van der Waals surface area contributed by atoms with Crippen molar-refractivity contribution in [3.05, 3.63) is 64.7 Å². The van der Waals surface area contributed by atoms with Crippen LogP contribution in [0.15, 0.2) is 48.5 Å². The molecule has 1 saturated heterocycles. The van der Waals surface area contributed by atoms with Crippen LogP contribution in [0.5, 0.6) is 0 Å². The van der Waals surface area contributed by atoms with E-state index in [1.807, 2.05) is 36.1 Å². The zero-order valence-electron chi connectivity index (χ0n) is 15.8. The maximum absolute atomic E-state index is 12.2. The maximum Gasteiger partial charge on any atom is 0.411 e. The van der Waals surface area contributed by atoms with Gasteiger partial charge in [0.2, 0.25) is 0 Å². The molecule has 7 heteroatoms. The third kappa shape index (κ3) is 5.63. The molecule has 2 N–H and O–H groups in total. The van der Waals surface area contributed by atoms with Gasteiger partial charge in [-0.25, -0.2) is 9.59 Å². The molecule has 1 aliphatic heterocycles. The average molecular weight is 402 g/mol. The van der Waals surface area contributed by atoms with Crippen molar-refractivity contribution in [1.29, 1.82) is 0 Å². The van der Waals surface area contributed by atoms with Crippen LogP contribution in [0.4, 0.5) is 15.3 Å². The van der Waals surface area contributed by atoms with Crippen LogP contribution in [0, 0.1) is 0 Å². The van der Waals surface area contributed by atoms with Gasteiger partial charge < -0.3 is 15.0 Å². The number of ether oxygens (including phenoxy) is 1. The van der Waals surface area contributed by atoms with E-state index in [0.29, 0.717) is 10.7 Å². The molecular formula is C21H24ClN3O3. The van der Waals surface area contributed by atoms with Crippen LogP contribution >= 0.6 is 11.6 Å². The summed E-state index contributed by atoms with van der Waals surface area (Å²) in [7, 11) is 0. The second kappa shape index (κ2) is 9.46. The molecule has 1 heterocycles. The topological polar surface area (TPSA) is 70.7 Å². The molecule has 1 fully saturated rings. The van der Waals surface area contributed by atoms with Crippen molar-refractivity contribution in [2.24, 2.45) is 0 Å². The molecule has 148 valence electrons. The van der Waals surface area contributed by atoms with E-state index < -0.39 is 6.09 Å². The number of amides is 3. The minimum atomic E-state index is -0.530. The van der Waals surface area contributed by atoms with Crippen molar-refractivity contribution in [2.45, 2.75) is 32.4 Å². The fourth-order valence-corrected chi connectivity index (χ4v) is 3.14. The lowest BCUT2D eigenvalue weighted by molar-refractivity contribution is 0.155. The Morgan fingerprint density at radius 3 is 2.36 bits per heavy atom. The molecule has 0 radical (unpaired) electrons. The number of nitrogens with one attached hydrogen (secondary N) is 2. The lowest BCUT2D eigenvalue weighted by atomic mass is 10.1. The molecule has 6 nitrogen and oxygen atoms in total. The second-order valence-electron chi connectivity index (χ2n) is 6.81. The molecule has 1 atom stereocenters. The Hall–Kier alpha value is -2.73. The summed E-state index contributed by atoms with van der Waals surface area (Å²) in [6.07, 6.45) is 1.60. The summed E-state index contributed by atoms with van der Waals surface area (Å²) >= 11 is 5.83. The normalized spacial score (nSPS) is 14.4. The van der Waals surface area contributed by atoms with Gasteiger partial charge in [0.25, 0.3) is 0 Å². The van der Waals surface area contributed by atoms with E-state index in [2.05, 4.69) is 10.6 Å². The number of carbonyl (C=O) groups is 2. The summed E-state index contributed by atoms with van der Waals surface area (Å²) in [5.41, 5.74) is 2.45. The molecule has 1 unspecified atom stereocenters. The molecule has 3 rings (SSSR count). The molecule has 1 aliphatic rings. The number of urea groups is 1. The molecule has 0 bridgehead atoms. The standard InChI is InChI=1S/C21H24ClN3O3/c1-15(23-20(26)25-12-2-3-13-25)17-6-10-19(11-7-17)24-21(27)28-14-16-4-8-18(22)9-5-16/h4-11,15H,2-3,12-14H2,1H3,(H,23,26)(H,24,27). The number of carbonyl (C=O) groups excluding carboxylic acids is 2. The summed E-state index contributed by atoms with van der Waals surface area (Å²) in [6.45, 7) is 3.75. The van der Waals surface area contributed by atoms with Crippen molar-refractivity contribution in [2.75, 3.05) is 18.4 Å². The molecule has 2 aromatic carbocycles. The first-order valence-electron chi connectivity index (χ1n) is 9.35. The molecule has 0 aliphatic carbocycles. The SMILES string of the molecule is CC(NC(=O)N1CCCC1)c1ccc(NC(=O)OCc2ccc(Cl)cc2)cc1. The predicted molar refractivity (Wildman–Crippen MR) is 109 cm³/mol. The summed E-state index contributed by atoms with van der Waals surface area (Å²) < 4.78 is 5.20. The third-order valence-electron chi connectivity index (χ3n) is 4.67. The van der Waals surface area contributed by atoms with E-state index in [1.54, 1.807) is 24.3 Å². The van der Waals surface area contributed by atoms with Gasteiger partial charge in [-0.2, -0.15) is 0 Å². The minimum Gasteiger partial charge on any atom is -0.444 e. The monoisotopic (exact) mass is 401 g/mol. The number of rotatable bonds is 5. The average Bonchev–Trinajstić information content (AvgIpc) is 3.23. The van der Waals surface area contributed by atoms with E-state index in [9.17, 15) is 9.59 Å². The molecule has 0 saturated carbocycles. The zero-order chi connectivity index (χ0) is 19.9. The molecule has 0 spiro atoms. The molecule has 3 amide bonds. The quantitative estimate of drug-likeness (QED) is 0.744. The number of anilines is 1. The molecule has 2 aromatic rings. The number of hydrogen-bond donors (Lipinski definition) is 2. The number of halogens is 1. The number of hydrogen-bond acceptors (Lipinski definition) is 3. The zero-order valence-corrected chi connectivity index (χ0v) is 16.5. The van der Waals surface area contributed by atoms with Crippen LogP contribution in [0.1, 0.15) is 36.9 Å². The summed E-state index contributed by atoms with van der Waals surface area (Å²) in [5, 5.41) is 6.34. The summed E-state index contributed by atoms with van der Waals surface area (Å²) in [4.78, 5) is 26.0. The highest BCUT2D eigenvalue weighted by atomic mass is 35.5. The van der Waals surface area contributed by atoms with Gasteiger partial charge in [-0.15, -0.1) is 0 Å². The summed E-state index contributed by atoms with van der Waals surface area (Å²) in [6, 6.07) is 14.3. The van der Waals surface area contributed by atoms with Gasteiger partial charge in [-0.05, 0) is 55.2 Å². The van der Waals surface area contributed by atoms with Gasteiger partial charge in [0.05, 0.1) is 6.04 Å². The first kappa shape index (κ1) is 20.0. The molecule has 0 aromatic heterocycles. The van der Waals surface area contributed by atoms with Gasteiger partial charge in [0.1, 0.15) is 6.61 Å². The number of benzene rings is 2. The van der Waals surface area contributed by atoms with Gasteiger partial charge in [-0.1, -0.05) is 35.9 Å². The van der Waals surface area contributed by atoms with E-state index in [-0.39, 0.29) is 18.7 Å². The Balaban J connectivity index is 1.47. The van der Waals surface area contributed by atoms with Crippen molar-refractivity contribution >= 4 is 29.4 Å². The summed E-state index contributed by atoms with van der Waals surface area (Å²) in [5.74, 6) is 0. The van der Waals surface area contributed by atoms with Crippen molar-refractivity contribution in [3.63, 3.8) is 0 Å². The van der Waals surface area contributed by atoms with E-state index in [4.69, 9.17) is 16.3 Å². The Morgan fingerprint density at radius 2 is 1.71 bits per heavy atom.